The SMILES string of the molecule is COc1cccc(S(=O)(=O)N2CC(c3ccsc3)[C@H](C(=O)O)C2)c1. The average Bonchev–Trinajstić information content (AvgIpc) is 3.24. The maximum atomic E-state index is 12.9. The van der Waals surface area contributed by atoms with Crippen molar-refractivity contribution in [1.29, 1.82) is 0 Å². The zero-order chi connectivity index (χ0) is 17.3. The molecule has 0 aliphatic carbocycles. The van der Waals surface area contributed by atoms with Gasteiger partial charge in [-0.05, 0) is 34.5 Å². The highest BCUT2D eigenvalue weighted by Crippen LogP contribution is 2.37. The van der Waals surface area contributed by atoms with E-state index in [1.807, 2.05) is 16.8 Å². The van der Waals surface area contributed by atoms with Crippen molar-refractivity contribution >= 4 is 27.3 Å². The Labute approximate surface area is 144 Å². The molecule has 0 radical (unpaired) electrons. The highest BCUT2D eigenvalue weighted by molar-refractivity contribution is 7.89. The summed E-state index contributed by atoms with van der Waals surface area (Å²) in [6.45, 7) is 0.128. The molecular weight excluding hydrogens is 350 g/mol. The van der Waals surface area contributed by atoms with Crippen LogP contribution in [0.15, 0.2) is 46.0 Å². The van der Waals surface area contributed by atoms with Crippen LogP contribution in [0.4, 0.5) is 0 Å². The Balaban J connectivity index is 1.93. The number of thiophene rings is 1. The number of rotatable bonds is 5. The third-order valence-electron chi connectivity index (χ3n) is 4.25. The lowest BCUT2D eigenvalue weighted by Gasteiger charge is -2.16. The van der Waals surface area contributed by atoms with E-state index in [-0.39, 0.29) is 23.9 Å². The number of aliphatic carboxylic acids is 1. The van der Waals surface area contributed by atoms with Gasteiger partial charge in [0.25, 0.3) is 0 Å². The van der Waals surface area contributed by atoms with E-state index in [1.54, 1.807) is 12.1 Å². The number of carbonyl (C=O) groups is 1. The van der Waals surface area contributed by atoms with E-state index in [1.165, 1.54) is 34.9 Å². The van der Waals surface area contributed by atoms with Gasteiger partial charge in [-0.15, -0.1) is 0 Å². The van der Waals surface area contributed by atoms with E-state index in [2.05, 4.69) is 0 Å². The second-order valence-electron chi connectivity index (χ2n) is 5.61. The van der Waals surface area contributed by atoms with Crippen LogP contribution in [0.1, 0.15) is 11.5 Å². The molecule has 1 aromatic carbocycles. The van der Waals surface area contributed by atoms with Crippen LogP contribution in [0, 0.1) is 5.92 Å². The Bertz CT molecular complexity index is 832. The van der Waals surface area contributed by atoms with Crippen molar-refractivity contribution in [1.82, 2.24) is 4.31 Å². The highest BCUT2D eigenvalue weighted by Gasteiger charge is 2.43. The van der Waals surface area contributed by atoms with Gasteiger partial charge in [0, 0.05) is 25.1 Å². The third kappa shape index (κ3) is 3.04. The van der Waals surface area contributed by atoms with Gasteiger partial charge in [0.1, 0.15) is 5.75 Å². The lowest BCUT2D eigenvalue weighted by Crippen LogP contribution is -2.30. The van der Waals surface area contributed by atoms with Crippen LogP contribution >= 0.6 is 11.3 Å². The average molecular weight is 367 g/mol. The number of ether oxygens (including phenoxy) is 1. The smallest absolute Gasteiger partial charge is 0.308 e. The summed E-state index contributed by atoms with van der Waals surface area (Å²) in [6.07, 6.45) is 0. The molecule has 1 saturated heterocycles. The molecule has 2 atom stereocenters. The number of carboxylic acid groups (broad SMARTS) is 1. The predicted octanol–water partition coefficient (Wildman–Crippen LogP) is 2.25. The molecule has 1 aromatic heterocycles. The van der Waals surface area contributed by atoms with Crippen LogP contribution in [0.3, 0.4) is 0 Å². The first-order valence-corrected chi connectivity index (χ1v) is 9.71. The number of benzene rings is 1. The first kappa shape index (κ1) is 16.9. The standard InChI is InChI=1S/C16H17NO5S2/c1-22-12-3-2-4-13(7-12)24(20,21)17-8-14(11-5-6-23-10-11)15(9-17)16(18)19/h2-7,10,14-15H,8-9H2,1H3,(H,18,19)/t14?,15-/m1/s1. The van der Waals surface area contributed by atoms with E-state index in [9.17, 15) is 18.3 Å². The van der Waals surface area contributed by atoms with Crippen LogP contribution in [-0.2, 0) is 14.8 Å². The number of methoxy groups -OCH3 is 1. The van der Waals surface area contributed by atoms with Gasteiger partial charge in [0.15, 0.2) is 0 Å². The summed E-state index contributed by atoms with van der Waals surface area (Å²) < 4.78 is 32.1. The number of hydrogen-bond donors (Lipinski definition) is 1. The van der Waals surface area contributed by atoms with Crippen molar-refractivity contribution < 1.29 is 23.1 Å². The van der Waals surface area contributed by atoms with Crippen molar-refractivity contribution in [2.24, 2.45) is 5.92 Å². The zero-order valence-electron chi connectivity index (χ0n) is 13.0. The summed E-state index contributed by atoms with van der Waals surface area (Å²) in [5.74, 6) is -1.62. The van der Waals surface area contributed by atoms with E-state index in [0.717, 1.165) is 5.56 Å². The van der Waals surface area contributed by atoms with Crippen LogP contribution in [0.5, 0.6) is 5.75 Å². The monoisotopic (exact) mass is 367 g/mol. The first-order valence-electron chi connectivity index (χ1n) is 7.32. The largest absolute Gasteiger partial charge is 0.497 e. The minimum atomic E-state index is -3.77. The molecule has 0 saturated carbocycles. The minimum absolute atomic E-state index is 0.0324. The van der Waals surface area contributed by atoms with Gasteiger partial charge in [-0.1, -0.05) is 6.07 Å². The molecule has 1 unspecified atom stereocenters. The Morgan fingerprint density at radius 2 is 2.12 bits per heavy atom. The summed E-state index contributed by atoms with van der Waals surface area (Å²) in [7, 11) is -2.30. The number of hydrogen-bond acceptors (Lipinski definition) is 5. The quantitative estimate of drug-likeness (QED) is 0.876. The van der Waals surface area contributed by atoms with E-state index < -0.39 is 21.9 Å². The molecule has 8 heteroatoms. The summed E-state index contributed by atoms with van der Waals surface area (Å²) in [5, 5.41) is 13.2. The van der Waals surface area contributed by atoms with Gasteiger partial charge >= 0.3 is 5.97 Å². The van der Waals surface area contributed by atoms with Crippen LogP contribution < -0.4 is 4.74 Å². The van der Waals surface area contributed by atoms with Gasteiger partial charge in [-0.25, -0.2) is 8.42 Å². The van der Waals surface area contributed by atoms with E-state index >= 15 is 0 Å². The number of carboxylic acids is 1. The van der Waals surface area contributed by atoms with E-state index in [0.29, 0.717) is 5.75 Å². The Kier molecular flexibility index (Phi) is 4.62. The second kappa shape index (κ2) is 6.54. The van der Waals surface area contributed by atoms with Gasteiger partial charge in [-0.3, -0.25) is 4.79 Å². The fraction of sp³-hybridized carbons (Fsp3) is 0.312. The molecule has 1 aliphatic rings. The maximum absolute atomic E-state index is 12.9. The molecule has 2 heterocycles. The van der Waals surface area contributed by atoms with Gasteiger partial charge in [0.05, 0.1) is 17.9 Å². The predicted molar refractivity (Wildman–Crippen MR) is 89.9 cm³/mol. The topological polar surface area (TPSA) is 83.9 Å². The van der Waals surface area contributed by atoms with Crippen LogP contribution in [0.2, 0.25) is 0 Å². The highest BCUT2D eigenvalue weighted by atomic mass is 32.2. The minimum Gasteiger partial charge on any atom is -0.497 e. The van der Waals surface area contributed by atoms with Crippen LogP contribution in [0.25, 0.3) is 0 Å². The molecular formula is C16H17NO5S2. The molecule has 24 heavy (non-hydrogen) atoms. The third-order valence-corrected chi connectivity index (χ3v) is 6.78. The Morgan fingerprint density at radius 1 is 1.33 bits per heavy atom. The molecule has 1 N–H and O–H groups in total. The molecule has 0 bridgehead atoms. The molecule has 128 valence electrons. The normalized spacial score (nSPS) is 21.7. The fourth-order valence-corrected chi connectivity index (χ4v) is 5.20. The van der Waals surface area contributed by atoms with Crippen molar-refractivity contribution in [3.05, 3.63) is 46.7 Å². The maximum Gasteiger partial charge on any atom is 0.308 e. The molecule has 2 aromatic rings. The van der Waals surface area contributed by atoms with Gasteiger partial charge < -0.3 is 9.84 Å². The second-order valence-corrected chi connectivity index (χ2v) is 8.33. The number of sulfonamides is 1. The van der Waals surface area contributed by atoms with Crippen molar-refractivity contribution in [2.45, 2.75) is 10.8 Å². The Hall–Kier alpha value is -1.90. The lowest BCUT2D eigenvalue weighted by molar-refractivity contribution is -0.141. The zero-order valence-corrected chi connectivity index (χ0v) is 14.6. The Morgan fingerprint density at radius 3 is 2.75 bits per heavy atom. The van der Waals surface area contributed by atoms with Gasteiger partial charge in [0.2, 0.25) is 10.0 Å². The molecule has 1 aliphatic heterocycles. The summed E-state index contributed by atoms with van der Waals surface area (Å²) in [5.41, 5.74) is 0.871. The van der Waals surface area contributed by atoms with Crippen molar-refractivity contribution in [3.8, 4) is 5.75 Å². The summed E-state index contributed by atoms with van der Waals surface area (Å²) in [4.78, 5) is 11.7. The van der Waals surface area contributed by atoms with Crippen molar-refractivity contribution in [2.75, 3.05) is 20.2 Å². The molecule has 0 spiro atoms. The summed E-state index contributed by atoms with van der Waals surface area (Å²) in [6, 6.07) is 8.06. The van der Waals surface area contributed by atoms with Crippen molar-refractivity contribution in [3.63, 3.8) is 0 Å². The first-order chi connectivity index (χ1) is 11.4. The lowest BCUT2D eigenvalue weighted by atomic mass is 9.91. The van der Waals surface area contributed by atoms with E-state index in [4.69, 9.17) is 4.74 Å². The molecule has 6 nitrogen and oxygen atoms in total. The van der Waals surface area contributed by atoms with Crippen LogP contribution in [-0.4, -0.2) is 44.0 Å². The van der Waals surface area contributed by atoms with Gasteiger partial charge in [-0.2, -0.15) is 15.6 Å². The summed E-state index contributed by atoms with van der Waals surface area (Å²) >= 11 is 1.47. The molecule has 1 fully saturated rings. The number of nitrogens with zero attached hydrogens (tertiary/aromatic N) is 1. The molecule has 3 rings (SSSR count). The molecule has 0 amide bonds. The fourth-order valence-electron chi connectivity index (χ4n) is 2.95.